The minimum absolute atomic E-state index is 0.154. The molecule has 0 aliphatic rings. The molecule has 0 saturated carbocycles. The predicted octanol–water partition coefficient (Wildman–Crippen LogP) is 2.69. The van der Waals surface area contributed by atoms with Crippen molar-refractivity contribution in [3.05, 3.63) is 35.4 Å². The van der Waals surface area contributed by atoms with Crippen LogP contribution in [-0.4, -0.2) is 44.3 Å². The third-order valence-electron chi connectivity index (χ3n) is 4.79. The van der Waals surface area contributed by atoms with Crippen molar-refractivity contribution in [3.8, 4) is 12.0 Å². The van der Waals surface area contributed by atoms with Crippen LogP contribution in [0.3, 0.4) is 0 Å². The van der Waals surface area contributed by atoms with Gasteiger partial charge >= 0.3 is 12.0 Å². The first kappa shape index (κ1) is 21.4. The van der Waals surface area contributed by atoms with Crippen LogP contribution in [0.25, 0.3) is 11.2 Å². The molecule has 3 rings (SSSR count). The lowest BCUT2D eigenvalue weighted by Crippen LogP contribution is -2.15. The number of carbonyl (C=O) groups is 1. The molecule has 0 fully saturated rings. The Bertz CT molecular complexity index is 1030. The maximum Gasteiger partial charge on any atom is 0.320 e. The van der Waals surface area contributed by atoms with Gasteiger partial charge in [0.2, 0.25) is 0 Å². The van der Waals surface area contributed by atoms with Gasteiger partial charge in [-0.3, -0.25) is 9.36 Å². The largest absolute Gasteiger partial charge is 0.480 e. The minimum atomic E-state index is -0.249. The molecule has 2 heterocycles. The highest BCUT2D eigenvalue weighted by Gasteiger charge is 2.18. The van der Waals surface area contributed by atoms with E-state index in [9.17, 15) is 9.90 Å². The molecule has 1 unspecified atom stereocenters. The van der Waals surface area contributed by atoms with E-state index in [1.165, 1.54) is 7.11 Å². The summed E-state index contributed by atoms with van der Waals surface area (Å²) in [5.74, 6) is -0.342. The Kier molecular flexibility index (Phi) is 6.71. The van der Waals surface area contributed by atoms with Gasteiger partial charge in [-0.15, -0.1) is 0 Å². The first-order valence-corrected chi connectivity index (χ1v) is 9.94. The van der Waals surface area contributed by atoms with Crippen molar-refractivity contribution >= 4 is 23.0 Å². The van der Waals surface area contributed by atoms with Crippen molar-refractivity contribution in [2.45, 2.75) is 39.7 Å². The summed E-state index contributed by atoms with van der Waals surface area (Å²) >= 11 is 0. The molecule has 2 aromatic heterocycles. The normalized spacial score (nSPS) is 12.1. The van der Waals surface area contributed by atoms with Crippen LogP contribution in [0.4, 0.5) is 5.82 Å². The number of rotatable bonds is 9. The molecule has 30 heavy (non-hydrogen) atoms. The number of unbranched alkanes of at least 4 members (excludes halogenated alkanes) is 1. The maximum absolute atomic E-state index is 11.7. The molecule has 0 aliphatic heterocycles. The summed E-state index contributed by atoms with van der Waals surface area (Å²) in [6.45, 7) is 4.71. The van der Waals surface area contributed by atoms with E-state index in [-0.39, 0.29) is 29.7 Å². The van der Waals surface area contributed by atoms with E-state index in [1.54, 1.807) is 4.57 Å². The van der Waals surface area contributed by atoms with Crippen molar-refractivity contribution in [1.29, 1.82) is 0 Å². The van der Waals surface area contributed by atoms with Crippen molar-refractivity contribution in [1.82, 2.24) is 19.5 Å². The highest BCUT2D eigenvalue weighted by molar-refractivity contribution is 5.83. The summed E-state index contributed by atoms with van der Waals surface area (Å²) in [4.78, 5) is 24.3. The molecule has 0 aliphatic carbocycles. The van der Waals surface area contributed by atoms with Gasteiger partial charge in [-0.25, -0.2) is 0 Å². The second-order valence-electron chi connectivity index (χ2n) is 7.21. The molecule has 1 aromatic carbocycles. The lowest BCUT2D eigenvalue weighted by Gasteiger charge is -2.11. The molecule has 0 radical (unpaired) electrons. The summed E-state index contributed by atoms with van der Waals surface area (Å²) < 4.78 is 11.9. The molecule has 1 atom stereocenters. The van der Waals surface area contributed by atoms with Gasteiger partial charge in [0.15, 0.2) is 17.0 Å². The summed E-state index contributed by atoms with van der Waals surface area (Å²) in [5, 5.41) is 10.4. The number of carbonyl (C=O) groups excluding carboxylic acids is 1. The van der Waals surface area contributed by atoms with Crippen LogP contribution in [0.2, 0.25) is 0 Å². The smallest absolute Gasteiger partial charge is 0.320 e. The van der Waals surface area contributed by atoms with Crippen LogP contribution in [0.15, 0.2) is 24.3 Å². The number of aromatic nitrogens is 4. The summed E-state index contributed by atoms with van der Waals surface area (Å²) in [5.41, 5.74) is 8.64. The number of fused-ring (bicyclic) bond motifs is 1. The van der Waals surface area contributed by atoms with Gasteiger partial charge in [0.05, 0.1) is 26.2 Å². The number of hydrogen-bond donors (Lipinski definition) is 2. The van der Waals surface area contributed by atoms with Crippen molar-refractivity contribution in [2.75, 3.05) is 19.5 Å². The van der Waals surface area contributed by atoms with E-state index in [4.69, 9.17) is 15.2 Å². The van der Waals surface area contributed by atoms with Crippen LogP contribution in [0.5, 0.6) is 12.0 Å². The van der Waals surface area contributed by atoms with Crippen molar-refractivity contribution in [2.24, 2.45) is 5.92 Å². The van der Waals surface area contributed by atoms with Gasteiger partial charge in [0.25, 0.3) is 6.01 Å². The van der Waals surface area contributed by atoms with Gasteiger partial charge in [-0.2, -0.15) is 15.0 Å². The Morgan fingerprint density at radius 3 is 2.77 bits per heavy atom. The second-order valence-corrected chi connectivity index (χ2v) is 7.21. The SMILES string of the molecule is CCCCOc1nc(N)c2nc(O)n(Cc3cccc(CC(C)C(=O)OC)c3)c2n1. The predicted molar refractivity (Wildman–Crippen MR) is 112 cm³/mol. The van der Waals surface area contributed by atoms with Crippen molar-refractivity contribution < 1.29 is 19.4 Å². The third-order valence-corrected chi connectivity index (χ3v) is 4.79. The molecule has 160 valence electrons. The zero-order valence-electron chi connectivity index (χ0n) is 17.5. The lowest BCUT2D eigenvalue weighted by atomic mass is 9.99. The quantitative estimate of drug-likeness (QED) is 0.405. The molecule has 3 aromatic rings. The number of nitrogens with zero attached hydrogens (tertiary/aromatic N) is 4. The number of methoxy groups -OCH3 is 1. The summed E-state index contributed by atoms with van der Waals surface area (Å²) in [7, 11) is 1.38. The second kappa shape index (κ2) is 9.43. The van der Waals surface area contributed by atoms with Crippen LogP contribution in [0, 0.1) is 5.92 Å². The first-order valence-electron chi connectivity index (χ1n) is 9.94. The van der Waals surface area contributed by atoms with Crippen LogP contribution >= 0.6 is 0 Å². The highest BCUT2D eigenvalue weighted by atomic mass is 16.5. The number of anilines is 1. The van der Waals surface area contributed by atoms with E-state index in [0.717, 1.165) is 24.0 Å². The molecular weight excluding hydrogens is 386 g/mol. The monoisotopic (exact) mass is 413 g/mol. The molecule has 3 N–H and O–H groups in total. The van der Waals surface area contributed by atoms with Crippen LogP contribution in [-0.2, 0) is 22.5 Å². The van der Waals surface area contributed by atoms with Gasteiger partial charge in [0.1, 0.15) is 0 Å². The standard InChI is InChI=1S/C21H27N5O4/c1-4-5-9-30-20-24-17(22)16-18(25-20)26(21(28)23-16)12-15-8-6-7-14(11-15)10-13(2)19(27)29-3/h6-8,11,13H,4-5,9-10,12H2,1-3H3,(H,23,28)(H2,22,24,25). The zero-order valence-corrected chi connectivity index (χ0v) is 17.5. The average molecular weight is 413 g/mol. The molecule has 9 heteroatoms. The number of benzene rings is 1. The number of aromatic hydroxyl groups is 1. The molecular formula is C21H27N5O4. The summed E-state index contributed by atoms with van der Waals surface area (Å²) in [6, 6.07) is 7.73. The molecule has 0 amide bonds. The van der Waals surface area contributed by atoms with Crippen LogP contribution < -0.4 is 10.5 Å². The number of imidazole rings is 1. The Morgan fingerprint density at radius 1 is 1.27 bits per heavy atom. The topological polar surface area (TPSA) is 125 Å². The van der Waals surface area contributed by atoms with Gasteiger partial charge < -0.3 is 20.3 Å². The zero-order chi connectivity index (χ0) is 21.7. The maximum atomic E-state index is 11.7. The van der Waals surface area contributed by atoms with E-state index >= 15 is 0 Å². The molecule has 0 spiro atoms. The lowest BCUT2D eigenvalue weighted by molar-refractivity contribution is -0.144. The van der Waals surface area contributed by atoms with Gasteiger partial charge in [0, 0.05) is 0 Å². The molecule has 0 saturated heterocycles. The fraction of sp³-hybridized carbons (Fsp3) is 0.429. The fourth-order valence-electron chi connectivity index (χ4n) is 3.18. The Hall–Kier alpha value is -3.36. The number of hydrogen-bond acceptors (Lipinski definition) is 8. The van der Waals surface area contributed by atoms with E-state index in [2.05, 4.69) is 21.9 Å². The fourth-order valence-corrected chi connectivity index (χ4v) is 3.18. The van der Waals surface area contributed by atoms with Crippen molar-refractivity contribution in [3.63, 3.8) is 0 Å². The van der Waals surface area contributed by atoms with E-state index < -0.39 is 0 Å². The molecule has 0 bridgehead atoms. The van der Waals surface area contributed by atoms with Gasteiger partial charge in [-0.1, -0.05) is 44.5 Å². The van der Waals surface area contributed by atoms with Gasteiger partial charge in [-0.05, 0) is 24.0 Å². The highest BCUT2D eigenvalue weighted by Crippen LogP contribution is 2.26. The first-order chi connectivity index (χ1) is 14.4. The van der Waals surface area contributed by atoms with Crippen LogP contribution in [0.1, 0.15) is 37.8 Å². The van der Waals surface area contributed by atoms with E-state index in [1.807, 2.05) is 31.2 Å². The average Bonchev–Trinajstić information content (AvgIpc) is 3.04. The number of nitrogen functional groups attached to an aromatic ring is 1. The Morgan fingerprint density at radius 2 is 2.03 bits per heavy atom. The Balaban J connectivity index is 1.87. The number of nitrogens with two attached hydrogens (primary N) is 1. The van der Waals surface area contributed by atoms with E-state index in [0.29, 0.717) is 30.7 Å². The number of esters is 1. The summed E-state index contributed by atoms with van der Waals surface area (Å²) in [6.07, 6.45) is 2.42. The minimum Gasteiger partial charge on any atom is -0.480 e. The number of ether oxygens (including phenoxy) is 2. The third kappa shape index (κ3) is 4.79. The molecule has 9 nitrogen and oxygen atoms in total. The Labute approximate surface area is 174 Å².